The van der Waals surface area contributed by atoms with Gasteiger partial charge < -0.3 is 14.8 Å². The number of halogens is 1. The van der Waals surface area contributed by atoms with Gasteiger partial charge in [-0.2, -0.15) is 0 Å². The minimum atomic E-state index is -0.267. The van der Waals surface area contributed by atoms with E-state index in [0.29, 0.717) is 28.3 Å². The van der Waals surface area contributed by atoms with Gasteiger partial charge in [0.25, 0.3) is 5.91 Å². The van der Waals surface area contributed by atoms with Crippen LogP contribution in [0.15, 0.2) is 77.3 Å². The number of carbonyl (C=O) groups is 2. The summed E-state index contributed by atoms with van der Waals surface area (Å²) in [5, 5.41) is 2.81. The molecular formula is C22H18BrNO4. The molecule has 0 radical (unpaired) electrons. The summed E-state index contributed by atoms with van der Waals surface area (Å²) in [5.41, 5.74) is 1.65. The molecule has 28 heavy (non-hydrogen) atoms. The predicted octanol–water partition coefficient (Wildman–Crippen LogP) is 4.97. The maximum Gasteiger partial charge on any atom is 0.259 e. The molecule has 0 spiro atoms. The number of Topliss-reactive ketones (excluding diaryl/α,β-unsaturated/α-hetero) is 1. The summed E-state index contributed by atoms with van der Waals surface area (Å²) in [7, 11) is 1.52. The number of amides is 1. The smallest absolute Gasteiger partial charge is 0.259 e. The number of nitrogens with one attached hydrogen (secondary N) is 1. The highest BCUT2D eigenvalue weighted by atomic mass is 79.9. The molecule has 0 atom stereocenters. The molecule has 0 bridgehead atoms. The number of benzene rings is 3. The Labute approximate surface area is 171 Å². The number of rotatable bonds is 7. The van der Waals surface area contributed by atoms with E-state index in [1.165, 1.54) is 7.11 Å². The van der Waals surface area contributed by atoms with E-state index in [2.05, 4.69) is 21.2 Å². The Morgan fingerprint density at radius 2 is 1.61 bits per heavy atom. The minimum absolute atomic E-state index is 0.0610. The highest BCUT2D eigenvalue weighted by molar-refractivity contribution is 9.10. The Balaban J connectivity index is 1.58. The van der Waals surface area contributed by atoms with Crippen molar-refractivity contribution in [3.63, 3.8) is 0 Å². The quantitative estimate of drug-likeness (QED) is 0.527. The summed E-state index contributed by atoms with van der Waals surface area (Å²) in [6.45, 7) is -0.0610. The molecule has 6 heteroatoms. The molecule has 1 N–H and O–H groups in total. The van der Waals surface area contributed by atoms with Crippen LogP contribution in [0.1, 0.15) is 20.7 Å². The zero-order valence-electron chi connectivity index (χ0n) is 15.1. The van der Waals surface area contributed by atoms with Crippen LogP contribution in [-0.2, 0) is 0 Å². The minimum Gasteiger partial charge on any atom is -0.496 e. The molecule has 3 rings (SSSR count). The summed E-state index contributed by atoms with van der Waals surface area (Å²) < 4.78 is 11.7. The van der Waals surface area contributed by atoms with Gasteiger partial charge in [0.15, 0.2) is 12.4 Å². The van der Waals surface area contributed by atoms with Crippen molar-refractivity contribution in [2.24, 2.45) is 0 Å². The van der Waals surface area contributed by atoms with Crippen molar-refractivity contribution in [3.8, 4) is 11.5 Å². The molecule has 0 heterocycles. The number of ketones is 1. The number of carbonyl (C=O) groups excluding carboxylic acids is 2. The molecule has 3 aromatic rings. The zero-order valence-corrected chi connectivity index (χ0v) is 16.7. The van der Waals surface area contributed by atoms with Crippen LogP contribution in [0, 0.1) is 0 Å². The van der Waals surface area contributed by atoms with Crippen LogP contribution in [-0.4, -0.2) is 25.4 Å². The van der Waals surface area contributed by atoms with E-state index in [1.807, 2.05) is 12.1 Å². The van der Waals surface area contributed by atoms with Crippen LogP contribution in [0.2, 0.25) is 0 Å². The van der Waals surface area contributed by atoms with E-state index < -0.39 is 0 Å². The number of methoxy groups -OCH3 is 1. The van der Waals surface area contributed by atoms with E-state index in [0.717, 1.165) is 4.47 Å². The van der Waals surface area contributed by atoms with Crippen LogP contribution in [0.5, 0.6) is 11.5 Å². The average Bonchev–Trinajstić information content (AvgIpc) is 2.73. The first-order chi connectivity index (χ1) is 13.6. The van der Waals surface area contributed by atoms with Gasteiger partial charge in [-0.3, -0.25) is 9.59 Å². The van der Waals surface area contributed by atoms with Gasteiger partial charge in [0.1, 0.15) is 11.5 Å². The molecule has 0 aliphatic carbocycles. The van der Waals surface area contributed by atoms with Crippen molar-refractivity contribution in [2.45, 2.75) is 0 Å². The van der Waals surface area contributed by atoms with Gasteiger partial charge in [-0.1, -0.05) is 40.2 Å². The molecule has 142 valence electrons. The molecule has 3 aromatic carbocycles. The fourth-order valence-electron chi connectivity index (χ4n) is 2.53. The first-order valence-electron chi connectivity index (χ1n) is 8.53. The lowest BCUT2D eigenvalue weighted by Crippen LogP contribution is -2.13. The summed E-state index contributed by atoms with van der Waals surface area (Å²) in [6.07, 6.45) is 0. The number of para-hydroxylation sites is 1. The summed E-state index contributed by atoms with van der Waals surface area (Å²) in [6, 6.07) is 20.9. The van der Waals surface area contributed by atoms with Gasteiger partial charge in [0.2, 0.25) is 0 Å². The third kappa shape index (κ3) is 4.98. The van der Waals surface area contributed by atoms with Crippen LogP contribution < -0.4 is 14.8 Å². The molecule has 0 fully saturated rings. The van der Waals surface area contributed by atoms with Gasteiger partial charge in [0.05, 0.1) is 12.7 Å². The molecule has 0 aliphatic heterocycles. The van der Waals surface area contributed by atoms with Crippen LogP contribution >= 0.6 is 15.9 Å². The zero-order chi connectivity index (χ0) is 19.9. The second-order valence-electron chi connectivity index (χ2n) is 5.90. The van der Waals surface area contributed by atoms with Gasteiger partial charge in [-0.25, -0.2) is 0 Å². The molecule has 1 amide bonds. The lowest BCUT2D eigenvalue weighted by atomic mass is 10.1. The number of anilines is 1. The first kappa shape index (κ1) is 19.6. The van der Waals surface area contributed by atoms with E-state index >= 15 is 0 Å². The molecule has 0 saturated heterocycles. The average molecular weight is 440 g/mol. The summed E-state index contributed by atoms with van der Waals surface area (Å²) in [5.74, 6) is 0.671. The Kier molecular flexibility index (Phi) is 6.45. The van der Waals surface area contributed by atoms with E-state index in [4.69, 9.17) is 9.47 Å². The second kappa shape index (κ2) is 9.19. The maximum atomic E-state index is 12.4. The van der Waals surface area contributed by atoms with Crippen LogP contribution in [0.4, 0.5) is 5.69 Å². The SMILES string of the molecule is COc1ccccc1C(=O)Nc1ccc(OCC(=O)c2ccc(Br)cc2)cc1. The molecule has 5 nitrogen and oxygen atoms in total. The third-order valence-electron chi connectivity index (χ3n) is 4.00. The van der Waals surface area contributed by atoms with Crippen molar-refractivity contribution in [1.82, 2.24) is 0 Å². The van der Waals surface area contributed by atoms with E-state index in [-0.39, 0.29) is 18.3 Å². The van der Waals surface area contributed by atoms with Gasteiger partial charge in [-0.15, -0.1) is 0 Å². The van der Waals surface area contributed by atoms with Crippen molar-refractivity contribution < 1.29 is 19.1 Å². The summed E-state index contributed by atoms with van der Waals surface area (Å²) >= 11 is 3.34. The first-order valence-corrected chi connectivity index (χ1v) is 9.32. The van der Waals surface area contributed by atoms with Crippen molar-refractivity contribution >= 4 is 33.3 Å². The molecular weight excluding hydrogens is 422 g/mol. The van der Waals surface area contributed by atoms with Crippen molar-refractivity contribution in [2.75, 3.05) is 19.0 Å². The topological polar surface area (TPSA) is 64.6 Å². The normalized spacial score (nSPS) is 10.2. The monoisotopic (exact) mass is 439 g/mol. The van der Waals surface area contributed by atoms with E-state index in [9.17, 15) is 9.59 Å². The van der Waals surface area contributed by atoms with Gasteiger partial charge >= 0.3 is 0 Å². The third-order valence-corrected chi connectivity index (χ3v) is 4.53. The van der Waals surface area contributed by atoms with E-state index in [1.54, 1.807) is 60.7 Å². The maximum absolute atomic E-state index is 12.4. The fourth-order valence-corrected chi connectivity index (χ4v) is 2.80. The van der Waals surface area contributed by atoms with Gasteiger partial charge in [-0.05, 0) is 48.5 Å². The molecule has 0 unspecified atom stereocenters. The Hall–Kier alpha value is -3.12. The standard InChI is InChI=1S/C22H18BrNO4/c1-27-21-5-3-2-4-19(21)22(26)24-17-10-12-18(13-11-17)28-14-20(25)15-6-8-16(23)9-7-15/h2-13H,14H2,1H3,(H,24,26). The Morgan fingerprint density at radius 1 is 0.929 bits per heavy atom. The lowest BCUT2D eigenvalue weighted by Gasteiger charge is -2.10. The second-order valence-corrected chi connectivity index (χ2v) is 6.81. The number of hydrogen-bond acceptors (Lipinski definition) is 4. The van der Waals surface area contributed by atoms with Crippen molar-refractivity contribution in [1.29, 1.82) is 0 Å². The fraction of sp³-hybridized carbons (Fsp3) is 0.0909. The van der Waals surface area contributed by atoms with Crippen LogP contribution in [0.3, 0.4) is 0 Å². The van der Waals surface area contributed by atoms with Crippen molar-refractivity contribution in [3.05, 3.63) is 88.4 Å². The Morgan fingerprint density at radius 3 is 2.29 bits per heavy atom. The largest absolute Gasteiger partial charge is 0.496 e. The molecule has 0 saturated carbocycles. The lowest BCUT2D eigenvalue weighted by molar-refractivity contribution is 0.0921. The Bertz CT molecular complexity index is 969. The number of ether oxygens (including phenoxy) is 2. The van der Waals surface area contributed by atoms with Gasteiger partial charge in [0, 0.05) is 15.7 Å². The highest BCUT2D eigenvalue weighted by Crippen LogP contribution is 2.21. The predicted molar refractivity (Wildman–Crippen MR) is 111 cm³/mol. The molecule has 0 aromatic heterocycles. The molecule has 0 aliphatic rings. The summed E-state index contributed by atoms with van der Waals surface area (Å²) in [4.78, 5) is 24.6. The highest BCUT2D eigenvalue weighted by Gasteiger charge is 2.12. The van der Waals surface area contributed by atoms with Crippen LogP contribution in [0.25, 0.3) is 0 Å². The number of hydrogen-bond donors (Lipinski definition) is 1.